The summed E-state index contributed by atoms with van der Waals surface area (Å²) in [4.78, 5) is 24.3. The molecule has 0 heterocycles. The van der Waals surface area contributed by atoms with Crippen LogP contribution in [0.5, 0.6) is 5.75 Å². The number of rotatable bonds is 6. The monoisotopic (exact) mass is 459 g/mol. The predicted molar refractivity (Wildman–Crippen MR) is 117 cm³/mol. The molecule has 0 saturated heterocycles. The zero-order valence-corrected chi connectivity index (χ0v) is 17.8. The number of hydrazine groups is 1. The second-order valence-electron chi connectivity index (χ2n) is 6.25. The fraction of sp³-hybridized carbons (Fsp3) is 0.0476. The average molecular weight is 460 g/mol. The smallest absolute Gasteiger partial charge is 0.271 e. The molecule has 2 amide bonds. The molecule has 0 aliphatic heterocycles. The number of methoxy groups -OCH3 is 1. The van der Waals surface area contributed by atoms with E-state index in [-0.39, 0.29) is 21.0 Å². The lowest BCUT2D eigenvalue weighted by molar-refractivity contribution is 0.0846. The second-order valence-corrected chi connectivity index (χ2v) is 8.34. The van der Waals surface area contributed by atoms with Gasteiger partial charge in [0.2, 0.25) is 0 Å². The van der Waals surface area contributed by atoms with Crippen LogP contribution in [-0.2, 0) is 10.0 Å². The van der Waals surface area contributed by atoms with E-state index >= 15 is 0 Å². The van der Waals surface area contributed by atoms with Gasteiger partial charge in [0, 0.05) is 11.3 Å². The normalized spacial score (nSPS) is 10.8. The molecule has 0 bridgehead atoms. The Morgan fingerprint density at radius 3 is 2.06 bits per heavy atom. The standard InChI is InChI=1S/C21H18ClN3O5S/c1-30-16-10-8-15(9-11-16)25-31(28,29)17-12-6-14(7-13-17)20(26)23-24-21(27)18-4-2-3-5-19(18)22/h2-13,25H,1H3,(H,23,26)(H,24,27). The highest BCUT2D eigenvalue weighted by Crippen LogP contribution is 2.20. The lowest BCUT2D eigenvalue weighted by Gasteiger charge is -2.10. The van der Waals surface area contributed by atoms with Crippen LogP contribution in [0, 0.1) is 0 Å². The third kappa shape index (κ3) is 5.53. The van der Waals surface area contributed by atoms with Crippen LogP contribution in [0.4, 0.5) is 5.69 Å². The number of hydrogen-bond donors (Lipinski definition) is 3. The van der Waals surface area contributed by atoms with Gasteiger partial charge in [-0.25, -0.2) is 8.42 Å². The molecule has 3 aromatic carbocycles. The van der Waals surface area contributed by atoms with E-state index in [1.165, 1.54) is 37.4 Å². The lowest BCUT2D eigenvalue weighted by atomic mass is 10.2. The minimum Gasteiger partial charge on any atom is -0.497 e. The SMILES string of the molecule is COc1ccc(NS(=O)(=O)c2ccc(C(=O)NNC(=O)c3ccccc3Cl)cc2)cc1. The molecule has 0 aliphatic carbocycles. The van der Waals surface area contributed by atoms with Gasteiger partial charge in [-0.2, -0.15) is 0 Å². The number of anilines is 1. The molecule has 3 aromatic rings. The molecule has 160 valence electrons. The van der Waals surface area contributed by atoms with Crippen molar-refractivity contribution in [3.63, 3.8) is 0 Å². The Kier molecular flexibility index (Phi) is 6.78. The Balaban J connectivity index is 1.63. The van der Waals surface area contributed by atoms with Crippen molar-refractivity contribution >= 4 is 39.1 Å². The van der Waals surface area contributed by atoms with Gasteiger partial charge in [-0.1, -0.05) is 23.7 Å². The maximum atomic E-state index is 12.5. The highest BCUT2D eigenvalue weighted by Gasteiger charge is 2.16. The number of nitrogens with one attached hydrogen (secondary N) is 3. The maximum absolute atomic E-state index is 12.5. The van der Waals surface area contributed by atoms with E-state index < -0.39 is 21.8 Å². The Labute approximate surface area is 184 Å². The second kappa shape index (κ2) is 9.50. The van der Waals surface area contributed by atoms with Gasteiger partial charge in [-0.3, -0.25) is 25.2 Å². The molecular weight excluding hydrogens is 442 g/mol. The molecule has 10 heteroatoms. The number of halogens is 1. The third-order valence-electron chi connectivity index (χ3n) is 4.18. The van der Waals surface area contributed by atoms with Gasteiger partial charge in [0.25, 0.3) is 21.8 Å². The van der Waals surface area contributed by atoms with Crippen molar-refractivity contribution in [3.05, 3.63) is 88.9 Å². The van der Waals surface area contributed by atoms with Crippen LogP contribution in [0.3, 0.4) is 0 Å². The van der Waals surface area contributed by atoms with Gasteiger partial charge in [-0.05, 0) is 60.7 Å². The Bertz CT molecular complexity index is 1200. The van der Waals surface area contributed by atoms with Gasteiger partial charge in [0.15, 0.2) is 0 Å². The van der Waals surface area contributed by atoms with Gasteiger partial charge in [0.05, 0.1) is 22.6 Å². The van der Waals surface area contributed by atoms with Crippen molar-refractivity contribution in [1.82, 2.24) is 10.9 Å². The van der Waals surface area contributed by atoms with Crippen LogP contribution in [0.25, 0.3) is 0 Å². The van der Waals surface area contributed by atoms with Gasteiger partial charge < -0.3 is 4.74 Å². The summed E-state index contributed by atoms with van der Waals surface area (Å²) in [5.41, 5.74) is 5.25. The molecule has 0 unspecified atom stereocenters. The van der Waals surface area contributed by atoms with E-state index in [4.69, 9.17) is 16.3 Å². The van der Waals surface area contributed by atoms with Crippen LogP contribution in [0.15, 0.2) is 77.7 Å². The van der Waals surface area contributed by atoms with Gasteiger partial charge in [-0.15, -0.1) is 0 Å². The minimum atomic E-state index is -3.85. The van der Waals surface area contributed by atoms with Crippen molar-refractivity contribution in [2.24, 2.45) is 0 Å². The van der Waals surface area contributed by atoms with Crippen molar-refractivity contribution in [3.8, 4) is 5.75 Å². The molecule has 0 saturated carbocycles. The lowest BCUT2D eigenvalue weighted by Crippen LogP contribution is -2.41. The molecule has 3 rings (SSSR count). The van der Waals surface area contributed by atoms with E-state index in [0.29, 0.717) is 11.4 Å². The van der Waals surface area contributed by atoms with E-state index in [2.05, 4.69) is 15.6 Å². The highest BCUT2D eigenvalue weighted by atomic mass is 35.5. The number of sulfonamides is 1. The summed E-state index contributed by atoms with van der Waals surface area (Å²) in [6.07, 6.45) is 0. The summed E-state index contributed by atoms with van der Waals surface area (Å²) in [7, 11) is -2.34. The van der Waals surface area contributed by atoms with Crippen molar-refractivity contribution in [2.75, 3.05) is 11.8 Å². The van der Waals surface area contributed by atoms with Crippen LogP contribution in [0.2, 0.25) is 5.02 Å². The van der Waals surface area contributed by atoms with Gasteiger partial charge >= 0.3 is 0 Å². The van der Waals surface area contributed by atoms with Gasteiger partial charge in [0.1, 0.15) is 5.75 Å². The number of carbonyl (C=O) groups excluding carboxylic acids is 2. The fourth-order valence-corrected chi connectivity index (χ4v) is 3.84. The molecule has 3 N–H and O–H groups in total. The molecule has 0 fully saturated rings. The minimum absolute atomic E-state index is 0.0278. The number of hydrogen-bond acceptors (Lipinski definition) is 5. The number of carbonyl (C=O) groups is 2. The molecule has 0 atom stereocenters. The van der Waals surface area contributed by atoms with Crippen LogP contribution < -0.4 is 20.3 Å². The van der Waals surface area contributed by atoms with Crippen LogP contribution >= 0.6 is 11.6 Å². The Morgan fingerprint density at radius 2 is 1.45 bits per heavy atom. The predicted octanol–water partition coefficient (Wildman–Crippen LogP) is 3.22. The topological polar surface area (TPSA) is 114 Å². The quantitative estimate of drug-likeness (QED) is 0.490. The average Bonchev–Trinajstić information content (AvgIpc) is 2.78. The molecular formula is C21H18ClN3O5S. The molecule has 0 radical (unpaired) electrons. The summed E-state index contributed by atoms with van der Waals surface area (Å²) < 4.78 is 32.5. The zero-order valence-electron chi connectivity index (χ0n) is 16.3. The fourth-order valence-electron chi connectivity index (χ4n) is 2.56. The summed E-state index contributed by atoms with van der Waals surface area (Å²) in [5.74, 6) is -0.603. The first kappa shape index (κ1) is 22.1. The highest BCUT2D eigenvalue weighted by molar-refractivity contribution is 7.92. The molecule has 0 aliphatic rings. The number of ether oxygens (including phenoxy) is 1. The number of amides is 2. The summed E-state index contributed by atoms with van der Waals surface area (Å²) >= 11 is 5.94. The first-order chi connectivity index (χ1) is 14.8. The first-order valence-electron chi connectivity index (χ1n) is 8.92. The van der Waals surface area contributed by atoms with E-state index in [0.717, 1.165) is 0 Å². The van der Waals surface area contributed by atoms with E-state index in [9.17, 15) is 18.0 Å². The van der Waals surface area contributed by atoms with Crippen molar-refractivity contribution in [1.29, 1.82) is 0 Å². The molecule has 0 aromatic heterocycles. The van der Waals surface area contributed by atoms with Crippen LogP contribution in [-0.4, -0.2) is 27.3 Å². The van der Waals surface area contributed by atoms with Crippen LogP contribution in [0.1, 0.15) is 20.7 Å². The first-order valence-corrected chi connectivity index (χ1v) is 10.8. The third-order valence-corrected chi connectivity index (χ3v) is 5.90. The maximum Gasteiger partial charge on any atom is 0.271 e. The van der Waals surface area contributed by atoms with Crippen molar-refractivity contribution < 1.29 is 22.7 Å². The van der Waals surface area contributed by atoms with Crippen molar-refractivity contribution in [2.45, 2.75) is 4.90 Å². The summed E-state index contributed by atoms with van der Waals surface area (Å²) in [5, 5.41) is 0.244. The van der Waals surface area contributed by atoms with E-state index in [1.54, 1.807) is 42.5 Å². The largest absolute Gasteiger partial charge is 0.497 e. The zero-order chi connectivity index (χ0) is 22.4. The molecule has 31 heavy (non-hydrogen) atoms. The Hall–Kier alpha value is -3.56. The Morgan fingerprint density at radius 1 is 0.839 bits per heavy atom. The summed E-state index contributed by atoms with van der Waals surface area (Å²) in [6.45, 7) is 0. The van der Waals surface area contributed by atoms with E-state index in [1.807, 2.05) is 0 Å². The molecule has 0 spiro atoms. The molecule has 8 nitrogen and oxygen atoms in total. The summed E-state index contributed by atoms with van der Waals surface area (Å²) in [6, 6.07) is 18.0. The number of benzene rings is 3.